The van der Waals surface area contributed by atoms with Crippen molar-refractivity contribution >= 4 is 0 Å². The van der Waals surface area contributed by atoms with Gasteiger partial charge in [0.15, 0.2) is 0 Å². The number of benzene rings is 1. The molecule has 1 heterocycles. The molecule has 1 aromatic carbocycles. The van der Waals surface area contributed by atoms with Gasteiger partial charge in [-0.05, 0) is 44.4 Å². The number of halogens is 3. The van der Waals surface area contributed by atoms with Crippen molar-refractivity contribution in [3.63, 3.8) is 0 Å². The van der Waals surface area contributed by atoms with Crippen LogP contribution in [-0.4, -0.2) is 18.8 Å². The Kier molecular flexibility index (Phi) is 4.70. The highest BCUT2D eigenvalue weighted by molar-refractivity contribution is 5.27. The van der Waals surface area contributed by atoms with Crippen LogP contribution in [-0.2, 0) is 10.9 Å². The zero-order chi connectivity index (χ0) is 14.8. The third-order valence-electron chi connectivity index (χ3n) is 3.69. The average Bonchev–Trinajstić information content (AvgIpc) is 2.81. The highest BCUT2D eigenvalue weighted by Crippen LogP contribution is 2.30. The molecular weight excluding hydrogens is 267 g/mol. The summed E-state index contributed by atoms with van der Waals surface area (Å²) < 4.78 is 43.7. The molecule has 0 spiro atoms. The average molecular weight is 287 g/mol. The van der Waals surface area contributed by atoms with Crippen molar-refractivity contribution in [2.24, 2.45) is 0 Å². The summed E-state index contributed by atoms with van der Waals surface area (Å²) in [6.45, 7) is 4.58. The molecule has 1 N–H and O–H groups in total. The summed E-state index contributed by atoms with van der Waals surface area (Å²) in [4.78, 5) is 0. The largest absolute Gasteiger partial charge is 0.416 e. The summed E-state index contributed by atoms with van der Waals surface area (Å²) in [5, 5.41) is 3.25. The van der Waals surface area contributed by atoms with Crippen LogP contribution in [0.5, 0.6) is 0 Å². The van der Waals surface area contributed by atoms with Gasteiger partial charge in [0.25, 0.3) is 0 Å². The smallest absolute Gasteiger partial charge is 0.374 e. The molecule has 3 atom stereocenters. The van der Waals surface area contributed by atoms with Gasteiger partial charge in [0.2, 0.25) is 0 Å². The Hall–Kier alpha value is -1.07. The molecule has 20 heavy (non-hydrogen) atoms. The maximum atomic E-state index is 12.7. The fourth-order valence-electron chi connectivity index (χ4n) is 2.45. The SMILES string of the molecule is CC1CCC(CNC(C)c2cccc(C(F)(F)F)c2)O1. The van der Waals surface area contributed by atoms with Crippen LogP contribution in [0.3, 0.4) is 0 Å². The predicted octanol–water partition coefficient (Wildman–Crippen LogP) is 3.92. The van der Waals surface area contributed by atoms with Crippen molar-refractivity contribution in [1.82, 2.24) is 5.32 Å². The number of rotatable bonds is 4. The van der Waals surface area contributed by atoms with Gasteiger partial charge in [-0.2, -0.15) is 13.2 Å². The summed E-state index contributed by atoms with van der Waals surface area (Å²) in [6.07, 6.45) is -1.79. The lowest BCUT2D eigenvalue weighted by molar-refractivity contribution is -0.137. The van der Waals surface area contributed by atoms with Gasteiger partial charge in [0.05, 0.1) is 17.8 Å². The molecule has 0 amide bonds. The summed E-state index contributed by atoms with van der Waals surface area (Å²) >= 11 is 0. The van der Waals surface area contributed by atoms with Crippen molar-refractivity contribution in [2.45, 2.75) is 51.1 Å². The lowest BCUT2D eigenvalue weighted by Crippen LogP contribution is -2.29. The second-order valence-electron chi connectivity index (χ2n) is 5.40. The summed E-state index contributed by atoms with van der Waals surface area (Å²) in [6, 6.07) is 5.33. The number of nitrogens with one attached hydrogen (secondary N) is 1. The van der Waals surface area contributed by atoms with Gasteiger partial charge in [0, 0.05) is 12.6 Å². The van der Waals surface area contributed by atoms with E-state index in [1.165, 1.54) is 12.1 Å². The molecule has 0 radical (unpaired) electrons. The quantitative estimate of drug-likeness (QED) is 0.906. The van der Waals surface area contributed by atoms with E-state index in [0.29, 0.717) is 12.1 Å². The van der Waals surface area contributed by atoms with Gasteiger partial charge >= 0.3 is 6.18 Å². The molecule has 0 saturated carbocycles. The van der Waals surface area contributed by atoms with Crippen molar-refractivity contribution in [3.05, 3.63) is 35.4 Å². The van der Waals surface area contributed by atoms with E-state index in [9.17, 15) is 13.2 Å². The second kappa shape index (κ2) is 6.14. The molecule has 1 aromatic rings. The van der Waals surface area contributed by atoms with Gasteiger partial charge < -0.3 is 10.1 Å². The van der Waals surface area contributed by atoms with Crippen LogP contribution in [0.15, 0.2) is 24.3 Å². The van der Waals surface area contributed by atoms with E-state index in [4.69, 9.17) is 4.74 Å². The first-order chi connectivity index (χ1) is 9.36. The van der Waals surface area contributed by atoms with E-state index >= 15 is 0 Å². The van der Waals surface area contributed by atoms with Gasteiger partial charge in [-0.3, -0.25) is 0 Å². The molecule has 1 fully saturated rings. The van der Waals surface area contributed by atoms with Gasteiger partial charge in [-0.1, -0.05) is 12.1 Å². The zero-order valence-corrected chi connectivity index (χ0v) is 11.7. The third-order valence-corrected chi connectivity index (χ3v) is 3.69. The Morgan fingerprint density at radius 3 is 2.70 bits per heavy atom. The second-order valence-corrected chi connectivity index (χ2v) is 5.40. The molecule has 5 heteroatoms. The monoisotopic (exact) mass is 287 g/mol. The third kappa shape index (κ3) is 3.96. The van der Waals surface area contributed by atoms with Crippen molar-refractivity contribution < 1.29 is 17.9 Å². The highest BCUT2D eigenvalue weighted by Gasteiger charge is 2.30. The Bertz CT molecular complexity index is 447. The minimum Gasteiger partial charge on any atom is -0.374 e. The Labute approximate surface area is 117 Å². The molecule has 1 aliphatic rings. The van der Waals surface area contributed by atoms with E-state index in [-0.39, 0.29) is 18.2 Å². The number of alkyl halides is 3. The van der Waals surface area contributed by atoms with E-state index in [1.54, 1.807) is 6.07 Å². The minimum absolute atomic E-state index is 0.128. The first kappa shape index (κ1) is 15.3. The Morgan fingerprint density at radius 2 is 2.10 bits per heavy atom. The molecule has 0 aromatic heterocycles. The van der Waals surface area contributed by atoms with Crippen LogP contribution < -0.4 is 5.32 Å². The first-order valence-electron chi connectivity index (χ1n) is 6.92. The van der Waals surface area contributed by atoms with E-state index in [1.807, 2.05) is 13.8 Å². The lowest BCUT2D eigenvalue weighted by Gasteiger charge is -2.19. The van der Waals surface area contributed by atoms with Gasteiger partial charge in [-0.15, -0.1) is 0 Å². The van der Waals surface area contributed by atoms with E-state index in [2.05, 4.69) is 5.32 Å². The predicted molar refractivity (Wildman–Crippen MR) is 71.4 cm³/mol. The number of ether oxygens (including phenoxy) is 1. The summed E-state index contributed by atoms with van der Waals surface area (Å²) in [5.74, 6) is 0. The minimum atomic E-state index is -4.29. The Balaban J connectivity index is 1.93. The van der Waals surface area contributed by atoms with Gasteiger partial charge in [0.1, 0.15) is 0 Å². The molecule has 112 valence electrons. The van der Waals surface area contributed by atoms with Crippen LogP contribution in [0.4, 0.5) is 13.2 Å². The molecule has 0 aliphatic carbocycles. The number of hydrogen-bond donors (Lipinski definition) is 1. The fraction of sp³-hybridized carbons (Fsp3) is 0.600. The van der Waals surface area contributed by atoms with Gasteiger partial charge in [-0.25, -0.2) is 0 Å². The molecule has 1 aliphatic heterocycles. The van der Waals surface area contributed by atoms with Crippen LogP contribution in [0, 0.1) is 0 Å². The number of hydrogen-bond acceptors (Lipinski definition) is 2. The van der Waals surface area contributed by atoms with Crippen LogP contribution in [0.2, 0.25) is 0 Å². The topological polar surface area (TPSA) is 21.3 Å². The van der Waals surface area contributed by atoms with Crippen molar-refractivity contribution in [3.8, 4) is 0 Å². The van der Waals surface area contributed by atoms with E-state index < -0.39 is 11.7 Å². The normalized spacial score (nSPS) is 24.9. The molecule has 2 nitrogen and oxygen atoms in total. The first-order valence-corrected chi connectivity index (χ1v) is 6.92. The molecule has 3 unspecified atom stereocenters. The molecule has 1 saturated heterocycles. The van der Waals surface area contributed by atoms with E-state index in [0.717, 1.165) is 18.9 Å². The maximum Gasteiger partial charge on any atom is 0.416 e. The fourth-order valence-corrected chi connectivity index (χ4v) is 2.45. The molecular formula is C15H20F3NO. The lowest BCUT2D eigenvalue weighted by atomic mass is 10.0. The van der Waals surface area contributed by atoms with Crippen LogP contribution in [0.1, 0.15) is 43.9 Å². The van der Waals surface area contributed by atoms with Crippen molar-refractivity contribution in [1.29, 1.82) is 0 Å². The van der Waals surface area contributed by atoms with Crippen LogP contribution in [0.25, 0.3) is 0 Å². The highest BCUT2D eigenvalue weighted by atomic mass is 19.4. The maximum absolute atomic E-state index is 12.7. The summed E-state index contributed by atoms with van der Waals surface area (Å²) in [7, 11) is 0. The standard InChI is InChI=1S/C15H20F3NO/c1-10-6-7-14(20-10)9-19-11(2)12-4-3-5-13(8-12)15(16,17)18/h3-5,8,10-11,14,19H,6-7,9H2,1-2H3. The summed E-state index contributed by atoms with van der Waals surface area (Å²) in [5.41, 5.74) is 0.0419. The van der Waals surface area contributed by atoms with Crippen LogP contribution >= 0.6 is 0 Å². The zero-order valence-electron chi connectivity index (χ0n) is 11.7. The molecule has 2 rings (SSSR count). The Morgan fingerprint density at radius 1 is 1.35 bits per heavy atom. The van der Waals surface area contributed by atoms with Crippen molar-refractivity contribution in [2.75, 3.05) is 6.54 Å². The molecule has 0 bridgehead atoms.